The molecule has 0 aliphatic carbocycles. The number of carbonyl (C=O) groups is 2. The summed E-state index contributed by atoms with van der Waals surface area (Å²) in [5.41, 5.74) is 3.19. The molecule has 1 heterocycles. The van der Waals surface area contributed by atoms with E-state index in [0.29, 0.717) is 11.1 Å². The lowest BCUT2D eigenvalue weighted by atomic mass is 10.0. The van der Waals surface area contributed by atoms with Crippen molar-refractivity contribution in [1.82, 2.24) is 0 Å². The number of carbonyl (C=O) groups excluding carboxylic acids is 2. The van der Waals surface area contributed by atoms with Gasteiger partial charge in [0.2, 0.25) is 21.7 Å². The summed E-state index contributed by atoms with van der Waals surface area (Å²) in [6, 6.07) is 14.3. The minimum absolute atomic E-state index is 0.329. The van der Waals surface area contributed by atoms with Crippen molar-refractivity contribution >= 4 is 65.4 Å². The smallest absolute Gasteiger partial charge is 0.296 e. The summed E-state index contributed by atoms with van der Waals surface area (Å²) in [7, 11) is -14.7. The monoisotopic (exact) mass is 722 g/mol. The predicted molar refractivity (Wildman–Crippen MR) is 184 cm³/mol. The van der Waals surface area contributed by atoms with E-state index in [4.69, 9.17) is 0 Å². The van der Waals surface area contributed by atoms with Crippen LogP contribution in [0.5, 0.6) is 0 Å². The van der Waals surface area contributed by atoms with Crippen LogP contribution in [0.1, 0.15) is 33.4 Å². The molecule has 12 nitrogen and oxygen atoms in total. The van der Waals surface area contributed by atoms with Gasteiger partial charge in [-0.3, -0.25) is 18.7 Å². The van der Waals surface area contributed by atoms with Gasteiger partial charge >= 0.3 is 0 Å². The average Bonchev–Trinajstić information content (AvgIpc) is 3.21. The molecule has 5 rings (SSSR count). The van der Waals surface area contributed by atoms with E-state index in [1.807, 2.05) is 64.1 Å². The lowest BCUT2D eigenvalue weighted by Gasteiger charge is -2.12. The third-order valence-corrected chi connectivity index (χ3v) is 11.4. The molecular weight excluding hydrogens is 693 g/mol. The summed E-state index contributed by atoms with van der Waals surface area (Å²) in [5, 5.41) is 4.59. The molecule has 0 radical (unpaired) electrons. The molecule has 1 aliphatic heterocycles. The van der Waals surface area contributed by atoms with Gasteiger partial charge in [0.1, 0.15) is 9.79 Å². The van der Waals surface area contributed by atoms with E-state index in [2.05, 4.69) is 10.6 Å². The van der Waals surface area contributed by atoms with E-state index in [-0.39, 0.29) is 11.1 Å². The summed E-state index contributed by atoms with van der Waals surface area (Å²) in [6.07, 6.45) is 5.17. The Balaban J connectivity index is 1.56. The lowest BCUT2D eigenvalue weighted by molar-refractivity contribution is -0.112. The van der Waals surface area contributed by atoms with Crippen LogP contribution in [0.2, 0.25) is 0 Å². The second-order valence-corrected chi connectivity index (χ2v) is 16.2. The molecule has 2 amide bonds. The molecule has 0 fully saturated rings. The van der Waals surface area contributed by atoms with Crippen molar-refractivity contribution in [1.29, 1.82) is 0 Å². The summed E-state index contributed by atoms with van der Waals surface area (Å²) in [4.78, 5) is 22.9. The molecule has 49 heavy (non-hydrogen) atoms. The van der Waals surface area contributed by atoms with Crippen molar-refractivity contribution in [2.45, 2.75) is 47.3 Å². The van der Waals surface area contributed by atoms with Crippen LogP contribution in [-0.2, 0) is 39.7 Å². The van der Waals surface area contributed by atoms with Gasteiger partial charge in [-0.2, -0.15) is 16.8 Å². The van der Waals surface area contributed by atoms with E-state index in [0.717, 1.165) is 58.7 Å². The van der Waals surface area contributed by atoms with Gasteiger partial charge in [0.05, 0.1) is 21.2 Å². The first-order valence-corrected chi connectivity index (χ1v) is 18.8. The Kier molecular flexibility index (Phi) is 9.27. The standard InChI is InChI=1S/C34H30N2O10S3/c1-19-5-7-21(3)23(13-19)9-11-33(37)35-27-17-29-25(15-31(27)48(41,42)43)26-16-32(49(44,45)46)28(18-30(26)47(29,39)40)36-34(38)12-10-24-14-20(2)6-8-22(24)4/h5-18H,1-4H3,(H,35,37)(H,36,38)(H,41,42,43)(H,44,45,46)/b11-9+,12-10+. The van der Waals surface area contributed by atoms with Crippen LogP contribution in [0.3, 0.4) is 0 Å². The summed E-state index contributed by atoms with van der Waals surface area (Å²) < 4.78 is 97.2. The highest BCUT2D eigenvalue weighted by Crippen LogP contribution is 2.48. The Morgan fingerprint density at radius 3 is 1.33 bits per heavy atom. The molecule has 0 saturated carbocycles. The average molecular weight is 723 g/mol. The van der Waals surface area contributed by atoms with Gasteiger partial charge in [-0.1, -0.05) is 47.5 Å². The van der Waals surface area contributed by atoms with Crippen molar-refractivity contribution in [3.63, 3.8) is 0 Å². The van der Waals surface area contributed by atoms with Crippen LogP contribution in [0.25, 0.3) is 23.3 Å². The zero-order valence-corrected chi connectivity index (χ0v) is 28.9. The Bertz CT molecular complexity index is 2320. The molecule has 4 aromatic carbocycles. The number of rotatable bonds is 8. The SMILES string of the molecule is Cc1ccc(C)c(/C=C/C(=O)Nc2cc3c(cc2S(=O)(=O)O)-c2cc(S(=O)(=O)O)c(NC(=O)/C=C/c4cc(C)ccc4C)cc2S3(=O)=O)c1. The molecule has 0 saturated heterocycles. The number of sulfone groups is 1. The number of fused-ring (bicyclic) bond motifs is 3. The second kappa shape index (κ2) is 12.8. The lowest BCUT2D eigenvalue weighted by Crippen LogP contribution is -2.13. The first kappa shape index (κ1) is 35.4. The topological polar surface area (TPSA) is 201 Å². The minimum Gasteiger partial charge on any atom is -0.321 e. The summed E-state index contributed by atoms with van der Waals surface area (Å²) in [5.74, 6) is -1.68. The van der Waals surface area contributed by atoms with Crippen molar-refractivity contribution < 1.29 is 43.9 Å². The van der Waals surface area contributed by atoms with Crippen LogP contribution in [0.4, 0.5) is 11.4 Å². The number of amides is 2. The van der Waals surface area contributed by atoms with Crippen LogP contribution in [-0.4, -0.2) is 46.2 Å². The van der Waals surface area contributed by atoms with Gasteiger partial charge < -0.3 is 10.6 Å². The van der Waals surface area contributed by atoms with Gasteiger partial charge in [0, 0.05) is 23.3 Å². The van der Waals surface area contributed by atoms with E-state index in [9.17, 15) is 43.9 Å². The van der Waals surface area contributed by atoms with Crippen LogP contribution < -0.4 is 10.6 Å². The highest BCUT2D eigenvalue weighted by atomic mass is 32.2. The van der Waals surface area contributed by atoms with Crippen molar-refractivity contribution in [2.24, 2.45) is 0 Å². The van der Waals surface area contributed by atoms with Gasteiger partial charge in [0.25, 0.3) is 20.2 Å². The highest BCUT2D eigenvalue weighted by Gasteiger charge is 2.38. The van der Waals surface area contributed by atoms with E-state index in [1.54, 1.807) is 0 Å². The van der Waals surface area contributed by atoms with Crippen LogP contribution in [0.15, 0.2) is 92.4 Å². The number of anilines is 2. The fourth-order valence-electron chi connectivity index (χ4n) is 5.28. The molecule has 15 heteroatoms. The van der Waals surface area contributed by atoms with Gasteiger partial charge in [-0.05, 0) is 86.4 Å². The first-order valence-electron chi connectivity index (χ1n) is 14.4. The van der Waals surface area contributed by atoms with E-state index < -0.39 is 72.8 Å². The second-order valence-electron chi connectivity index (χ2n) is 11.5. The molecule has 4 N–H and O–H groups in total. The number of hydrogen-bond donors (Lipinski definition) is 4. The maximum absolute atomic E-state index is 13.8. The number of aryl methyl sites for hydroxylation is 4. The zero-order valence-electron chi connectivity index (χ0n) is 26.5. The highest BCUT2D eigenvalue weighted by molar-refractivity contribution is 7.92. The molecule has 0 unspecified atom stereocenters. The largest absolute Gasteiger partial charge is 0.321 e. The van der Waals surface area contributed by atoms with Gasteiger partial charge in [-0.25, -0.2) is 8.42 Å². The third-order valence-electron chi connectivity index (χ3n) is 7.80. The molecule has 1 aliphatic rings. The van der Waals surface area contributed by atoms with E-state index in [1.165, 1.54) is 12.2 Å². The molecule has 0 atom stereocenters. The number of hydrogen-bond acceptors (Lipinski definition) is 8. The van der Waals surface area contributed by atoms with Crippen LogP contribution in [0, 0.1) is 27.7 Å². The fraction of sp³-hybridized carbons (Fsp3) is 0.118. The molecular formula is C34H30N2O10S3. The normalized spacial score (nSPS) is 13.8. The van der Waals surface area contributed by atoms with Crippen molar-refractivity contribution in [3.8, 4) is 11.1 Å². The minimum atomic E-state index is -5.08. The molecule has 0 aromatic heterocycles. The van der Waals surface area contributed by atoms with Gasteiger partial charge in [0.15, 0.2) is 0 Å². The molecule has 4 aromatic rings. The zero-order chi connectivity index (χ0) is 36.1. The Morgan fingerprint density at radius 1 is 0.612 bits per heavy atom. The summed E-state index contributed by atoms with van der Waals surface area (Å²) in [6.45, 7) is 7.37. The maximum atomic E-state index is 13.8. The third kappa shape index (κ3) is 7.40. The van der Waals surface area contributed by atoms with Crippen molar-refractivity contribution in [2.75, 3.05) is 10.6 Å². The molecule has 254 valence electrons. The molecule has 0 spiro atoms. The Morgan fingerprint density at radius 2 is 0.980 bits per heavy atom. The number of nitrogens with one attached hydrogen (secondary N) is 2. The molecule has 0 bridgehead atoms. The number of benzene rings is 4. The Labute approximate surface area is 283 Å². The van der Waals surface area contributed by atoms with Crippen molar-refractivity contribution in [3.05, 3.63) is 106 Å². The maximum Gasteiger partial charge on any atom is 0.296 e. The van der Waals surface area contributed by atoms with Gasteiger partial charge in [-0.15, -0.1) is 0 Å². The first-order chi connectivity index (χ1) is 22.8. The Hall–Kier alpha value is -4.93. The quantitative estimate of drug-likeness (QED) is 0.117. The van der Waals surface area contributed by atoms with Crippen LogP contribution >= 0.6 is 0 Å². The fourth-order valence-corrected chi connectivity index (χ4v) is 8.29. The predicted octanol–water partition coefficient (Wildman–Crippen LogP) is 5.53. The summed E-state index contributed by atoms with van der Waals surface area (Å²) >= 11 is 0. The van der Waals surface area contributed by atoms with E-state index >= 15 is 0 Å².